The topological polar surface area (TPSA) is 51.4 Å². The SMILES string of the molecule is COC(C)c1noc(CN2CCCc3ccc(Cl)c(C)c32)n1. The van der Waals surface area contributed by atoms with Gasteiger partial charge in [0.2, 0.25) is 5.89 Å². The first-order valence-corrected chi connectivity index (χ1v) is 7.86. The summed E-state index contributed by atoms with van der Waals surface area (Å²) in [5.41, 5.74) is 3.65. The highest BCUT2D eigenvalue weighted by molar-refractivity contribution is 6.31. The Balaban J connectivity index is 1.86. The summed E-state index contributed by atoms with van der Waals surface area (Å²) in [5.74, 6) is 1.18. The van der Waals surface area contributed by atoms with E-state index in [-0.39, 0.29) is 6.10 Å². The Bertz CT molecular complexity index is 671. The first-order valence-electron chi connectivity index (χ1n) is 7.48. The van der Waals surface area contributed by atoms with Gasteiger partial charge in [0.05, 0.1) is 6.54 Å². The molecule has 0 saturated carbocycles. The molecule has 1 unspecified atom stereocenters. The fourth-order valence-corrected chi connectivity index (χ4v) is 3.02. The lowest BCUT2D eigenvalue weighted by Crippen LogP contribution is -2.29. The van der Waals surface area contributed by atoms with Gasteiger partial charge in [0.25, 0.3) is 0 Å². The zero-order chi connectivity index (χ0) is 15.7. The number of anilines is 1. The molecule has 0 aliphatic carbocycles. The van der Waals surface area contributed by atoms with Gasteiger partial charge in [0.1, 0.15) is 6.10 Å². The van der Waals surface area contributed by atoms with Crippen LogP contribution in [0.5, 0.6) is 0 Å². The van der Waals surface area contributed by atoms with Crippen LogP contribution in [0.2, 0.25) is 5.02 Å². The Kier molecular flexibility index (Phi) is 4.36. The van der Waals surface area contributed by atoms with E-state index in [1.54, 1.807) is 7.11 Å². The van der Waals surface area contributed by atoms with Crippen molar-refractivity contribution in [3.8, 4) is 0 Å². The monoisotopic (exact) mass is 321 g/mol. The number of rotatable bonds is 4. The number of hydrogen-bond donors (Lipinski definition) is 0. The Morgan fingerprint density at radius 3 is 3.05 bits per heavy atom. The fraction of sp³-hybridized carbons (Fsp3) is 0.500. The van der Waals surface area contributed by atoms with Crippen LogP contribution in [0, 0.1) is 6.92 Å². The molecule has 0 amide bonds. The second-order valence-corrected chi connectivity index (χ2v) is 6.04. The van der Waals surface area contributed by atoms with Gasteiger partial charge >= 0.3 is 0 Å². The molecule has 118 valence electrons. The second-order valence-electron chi connectivity index (χ2n) is 5.63. The van der Waals surface area contributed by atoms with Gasteiger partial charge in [-0.1, -0.05) is 22.8 Å². The normalized spacial score (nSPS) is 15.7. The van der Waals surface area contributed by atoms with Crippen molar-refractivity contribution in [2.75, 3.05) is 18.6 Å². The second kappa shape index (κ2) is 6.26. The molecule has 0 saturated heterocycles. The third-order valence-electron chi connectivity index (χ3n) is 4.17. The predicted molar refractivity (Wildman–Crippen MR) is 85.3 cm³/mol. The summed E-state index contributed by atoms with van der Waals surface area (Å²) in [6.07, 6.45) is 2.03. The minimum atomic E-state index is -0.165. The van der Waals surface area contributed by atoms with Gasteiger partial charge < -0.3 is 14.2 Å². The van der Waals surface area contributed by atoms with Crippen LogP contribution in [0.1, 0.15) is 42.3 Å². The molecule has 5 nitrogen and oxygen atoms in total. The van der Waals surface area contributed by atoms with Gasteiger partial charge in [-0.3, -0.25) is 0 Å². The molecule has 1 aromatic heterocycles. The van der Waals surface area contributed by atoms with Crippen LogP contribution in [0.3, 0.4) is 0 Å². The van der Waals surface area contributed by atoms with Crippen molar-refractivity contribution in [1.82, 2.24) is 10.1 Å². The lowest BCUT2D eigenvalue weighted by Gasteiger charge is -2.32. The van der Waals surface area contributed by atoms with E-state index in [9.17, 15) is 0 Å². The third-order valence-corrected chi connectivity index (χ3v) is 4.58. The molecule has 1 atom stereocenters. The maximum atomic E-state index is 6.28. The minimum absolute atomic E-state index is 0.165. The lowest BCUT2D eigenvalue weighted by atomic mass is 9.98. The van der Waals surface area contributed by atoms with Crippen LogP contribution in [-0.2, 0) is 17.7 Å². The number of halogens is 1. The van der Waals surface area contributed by atoms with Crippen molar-refractivity contribution in [2.45, 2.75) is 39.3 Å². The van der Waals surface area contributed by atoms with Crippen molar-refractivity contribution in [1.29, 1.82) is 0 Å². The summed E-state index contributed by atoms with van der Waals surface area (Å²) in [5, 5.41) is 4.78. The van der Waals surface area contributed by atoms with Gasteiger partial charge in [0, 0.05) is 24.4 Å². The minimum Gasteiger partial charge on any atom is -0.374 e. The zero-order valence-corrected chi connectivity index (χ0v) is 13.9. The van der Waals surface area contributed by atoms with Crippen molar-refractivity contribution in [2.24, 2.45) is 0 Å². The molecule has 1 aromatic carbocycles. The predicted octanol–water partition coefficient (Wildman–Crippen LogP) is 3.69. The number of benzene rings is 1. The van der Waals surface area contributed by atoms with Crippen LogP contribution < -0.4 is 4.90 Å². The molecule has 3 rings (SSSR count). The van der Waals surface area contributed by atoms with E-state index in [0.29, 0.717) is 18.3 Å². The summed E-state index contributed by atoms with van der Waals surface area (Å²) in [6.45, 7) is 5.52. The Morgan fingerprint density at radius 1 is 1.45 bits per heavy atom. The average Bonchev–Trinajstić information content (AvgIpc) is 2.99. The summed E-state index contributed by atoms with van der Waals surface area (Å²) in [7, 11) is 1.63. The van der Waals surface area contributed by atoms with E-state index < -0.39 is 0 Å². The third kappa shape index (κ3) is 2.83. The van der Waals surface area contributed by atoms with Crippen LogP contribution in [0.25, 0.3) is 0 Å². The van der Waals surface area contributed by atoms with Gasteiger partial charge in [-0.15, -0.1) is 0 Å². The molecule has 6 heteroatoms. The molecular weight excluding hydrogens is 302 g/mol. The number of aromatic nitrogens is 2. The number of fused-ring (bicyclic) bond motifs is 1. The van der Waals surface area contributed by atoms with E-state index in [1.807, 2.05) is 13.0 Å². The molecule has 2 heterocycles. The summed E-state index contributed by atoms with van der Waals surface area (Å²) in [4.78, 5) is 6.70. The first-order chi connectivity index (χ1) is 10.6. The molecule has 2 aromatic rings. The van der Waals surface area contributed by atoms with Gasteiger partial charge in [-0.05, 0) is 43.9 Å². The Hall–Kier alpha value is -1.59. The van der Waals surface area contributed by atoms with E-state index in [4.69, 9.17) is 20.9 Å². The van der Waals surface area contributed by atoms with Crippen molar-refractivity contribution >= 4 is 17.3 Å². The molecule has 0 spiro atoms. The largest absolute Gasteiger partial charge is 0.374 e. The quantitative estimate of drug-likeness (QED) is 0.859. The van der Waals surface area contributed by atoms with Gasteiger partial charge in [-0.25, -0.2) is 0 Å². The van der Waals surface area contributed by atoms with Crippen molar-refractivity contribution in [3.63, 3.8) is 0 Å². The smallest absolute Gasteiger partial charge is 0.246 e. The zero-order valence-electron chi connectivity index (χ0n) is 13.1. The highest BCUT2D eigenvalue weighted by atomic mass is 35.5. The molecule has 1 aliphatic heterocycles. The average molecular weight is 322 g/mol. The lowest BCUT2D eigenvalue weighted by molar-refractivity contribution is 0.109. The number of methoxy groups -OCH3 is 1. The van der Waals surface area contributed by atoms with E-state index in [2.05, 4.69) is 28.0 Å². The van der Waals surface area contributed by atoms with Crippen LogP contribution >= 0.6 is 11.6 Å². The number of nitrogens with zero attached hydrogens (tertiary/aromatic N) is 3. The van der Waals surface area contributed by atoms with Crippen LogP contribution in [0.4, 0.5) is 5.69 Å². The summed E-state index contributed by atoms with van der Waals surface area (Å²) < 4.78 is 10.6. The molecule has 0 radical (unpaired) electrons. The molecule has 0 N–H and O–H groups in total. The standard InChI is InChI=1S/C16H20ClN3O2/c1-10-13(17)7-6-12-5-4-8-20(15(10)12)9-14-18-16(19-22-14)11(2)21-3/h6-7,11H,4-5,8-9H2,1-3H3. The van der Waals surface area contributed by atoms with Crippen LogP contribution in [0.15, 0.2) is 16.7 Å². The Labute approximate surface area is 135 Å². The molecule has 0 fully saturated rings. The van der Waals surface area contributed by atoms with Gasteiger partial charge in [0.15, 0.2) is 5.82 Å². The van der Waals surface area contributed by atoms with Crippen molar-refractivity contribution in [3.05, 3.63) is 40.0 Å². The number of aryl methyl sites for hydroxylation is 1. The maximum absolute atomic E-state index is 6.28. The van der Waals surface area contributed by atoms with Gasteiger partial charge in [-0.2, -0.15) is 4.98 Å². The number of ether oxygens (including phenoxy) is 1. The molecule has 0 bridgehead atoms. The number of hydrogen-bond acceptors (Lipinski definition) is 5. The fourth-order valence-electron chi connectivity index (χ4n) is 2.87. The summed E-state index contributed by atoms with van der Waals surface area (Å²) >= 11 is 6.28. The maximum Gasteiger partial charge on any atom is 0.246 e. The Morgan fingerprint density at radius 2 is 2.27 bits per heavy atom. The van der Waals surface area contributed by atoms with E-state index in [0.717, 1.165) is 30.0 Å². The van der Waals surface area contributed by atoms with Crippen LogP contribution in [-0.4, -0.2) is 23.8 Å². The first kappa shape index (κ1) is 15.3. The highest BCUT2D eigenvalue weighted by Gasteiger charge is 2.23. The van der Waals surface area contributed by atoms with Crippen molar-refractivity contribution < 1.29 is 9.26 Å². The highest BCUT2D eigenvalue weighted by Crippen LogP contribution is 2.35. The molecule has 22 heavy (non-hydrogen) atoms. The summed E-state index contributed by atoms with van der Waals surface area (Å²) in [6, 6.07) is 4.09. The molecular formula is C16H20ClN3O2. The van der Waals surface area contributed by atoms with E-state index >= 15 is 0 Å². The van der Waals surface area contributed by atoms with E-state index in [1.165, 1.54) is 11.3 Å². The molecule has 1 aliphatic rings.